The molecule has 0 aliphatic rings. The Kier molecular flexibility index (Phi) is 5.37. The zero-order valence-corrected chi connectivity index (χ0v) is 13.4. The van der Waals surface area contributed by atoms with Crippen LogP contribution in [0.3, 0.4) is 0 Å². The first-order valence-corrected chi connectivity index (χ1v) is 8.58. The van der Waals surface area contributed by atoms with E-state index in [1.54, 1.807) is 0 Å². The van der Waals surface area contributed by atoms with E-state index in [0.717, 1.165) is 6.20 Å². The summed E-state index contributed by atoms with van der Waals surface area (Å²) in [6.07, 6.45) is -1.66. The Hall–Kier alpha value is -2.23. The van der Waals surface area contributed by atoms with E-state index in [9.17, 15) is 21.6 Å². The highest BCUT2D eigenvalue weighted by Crippen LogP contribution is 2.24. The Morgan fingerprint density at radius 2 is 1.92 bits per heavy atom. The SMILES string of the molecule is CCS(=O)(=O)c1cccnc1-c1cnc(OCCC(F)(F)F)cn1. The van der Waals surface area contributed by atoms with Gasteiger partial charge in [0.15, 0.2) is 9.84 Å². The van der Waals surface area contributed by atoms with Gasteiger partial charge in [-0.3, -0.25) is 4.98 Å². The van der Waals surface area contributed by atoms with Crippen LogP contribution in [0.4, 0.5) is 13.2 Å². The molecule has 0 spiro atoms. The molecule has 6 nitrogen and oxygen atoms in total. The molecule has 0 unspecified atom stereocenters. The fraction of sp³-hybridized carbons (Fsp3) is 0.357. The smallest absolute Gasteiger partial charge is 0.392 e. The Morgan fingerprint density at radius 3 is 2.50 bits per heavy atom. The Morgan fingerprint density at radius 1 is 1.17 bits per heavy atom. The summed E-state index contributed by atoms with van der Waals surface area (Å²) in [4.78, 5) is 11.9. The van der Waals surface area contributed by atoms with Gasteiger partial charge in [-0.1, -0.05) is 6.92 Å². The van der Waals surface area contributed by atoms with Crippen LogP contribution >= 0.6 is 0 Å². The molecule has 0 N–H and O–H groups in total. The van der Waals surface area contributed by atoms with Crippen molar-refractivity contribution >= 4 is 9.84 Å². The lowest BCUT2D eigenvalue weighted by Gasteiger charge is -2.09. The van der Waals surface area contributed by atoms with E-state index in [-0.39, 0.29) is 27.9 Å². The topological polar surface area (TPSA) is 82.0 Å². The van der Waals surface area contributed by atoms with Crippen molar-refractivity contribution in [3.8, 4) is 17.3 Å². The molecule has 2 aromatic rings. The molecule has 0 atom stereocenters. The number of alkyl halides is 3. The molecule has 0 saturated carbocycles. The number of hydrogen-bond acceptors (Lipinski definition) is 6. The minimum atomic E-state index is -4.31. The van der Waals surface area contributed by atoms with Crippen molar-refractivity contribution in [2.45, 2.75) is 24.4 Å². The highest BCUT2D eigenvalue weighted by molar-refractivity contribution is 7.91. The first-order chi connectivity index (χ1) is 11.2. The molecule has 24 heavy (non-hydrogen) atoms. The Bertz CT molecular complexity index is 793. The third-order valence-electron chi connectivity index (χ3n) is 2.99. The van der Waals surface area contributed by atoms with E-state index >= 15 is 0 Å². The van der Waals surface area contributed by atoms with Gasteiger partial charge in [0.25, 0.3) is 0 Å². The van der Waals surface area contributed by atoms with Gasteiger partial charge in [-0.25, -0.2) is 18.4 Å². The molecule has 0 aliphatic heterocycles. The molecule has 0 aromatic carbocycles. The zero-order chi connectivity index (χ0) is 17.8. The molecule has 0 bridgehead atoms. The first kappa shape index (κ1) is 18.1. The molecule has 130 valence electrons. The van der Waals surface area contributed by atoms with Crippen LogP contribution in [-0.2, 0) is 9.84 Å². The standard InChI is InChI=1S/C14H14F3N3O3S/c1-2-24(21,22)11-4-3-6-18-13(11)10-8-20-12(9-19-10)23-7-5-14(15,16)17/h3-4,6,8-9H,2,5,7H2,1H3. The van der Waals surface area contributed by atoms with Gasteiger partial charge < -0.3 is 4.74 Å². The van der Waals surface area contributed by atoms with E-state index in [1.807, 2.05) is 0 Å². The zero-order valence-electron chi connectivity index (χ0n) is 12.6. The molecule has 2 rings (SSSR count). The number of pyridine rings is 1. The molecule has 0 amide bonds. The van der Waals surface area contributed by atoms with Crippen molar-refractivity contribution in [3.05, 3.63) is 30.7 Å². The summed E-state index contributed by atoms with van der Waals surface area (Å²) in [7, 11) is -3.50. The third-order valence-corrected chi connectivity index (χ3v) is 4.75. The van der Waals surface area contributed by atoms with Gasteiger partial charge in [0, 0.05) is 6.20 Å². The van der Waals surface area contributed by atoms with Crippen LogP contribution in [0.1, 0.15) is 13.3 Å². The summed E-state index contributed by atoms with van der Waals surface area (Å²) in [6, 6.07) is 2.91. The maximum Gasteiger partial charge on any atom is 0.392 e. The molecule has 2 heterocycles. The van der Waals surface area contributed by atoms with E-state index in [0.29, 0.717) is 0 Å². The number of aromatic nitrogens is 3. The van der Waals surface area contributed by atoms with Crippen molar-refractivity contribution in [1.82, 2.24) is 15.0 Å². The molecule has 2 aromatic heterocycles. The van der Waals surface area contributed by atoms with Gasteiger partial charge in [-0.15, -0.1) is 0 Å². The second-order valence-electron chi connectivity index (χ2n) is 4.71. The van der Waals surface area contributed by atoms with Gasteiger partial charge in [-0.2, -0.15) is 13.2 Å². The second kappa shape index (κ2) is 7.12. The lowest BCUT2D eigenvalue weighted by atomic mass is 10.3. The average molecular weight is 361 g/mol. The van der Waals surface area contributed by atoms with Crippen LogP contribution in [0.5, 0.6) is 5.88 Å². The second-order valence-corrected chi connectivity index (χ2v) is 6.95. The van der Waals surface area contributed by atoms with Crippen molar-refractivity contribution < 1.29 is 26.3 Å². The van der Waals surface area contributed by atoms with Crippen molar-refractivity contribution in [1.29, 1.82) is 0 Å². The van der Waals surface area contributed by atoms with Crippen LogP contribution in [0.25, 0.3) is 11.4 Å². The number of ether oxygens (including phenoxy) is 1. The highest BCUT2D eigenvalue weighted by atomic mass is 32.2. The summed E-state index contributed by atoms with van der Waals surface area (Å²) in [6.45, 7) is 0.936. The first-order valence-electron chi connectivity index (χ1n) is 6.92. The monoisotopic (exact) mass is 361 g/mol. The number of hydrogen-bond donors (Lipinski definition) is 0. The summed E-state index contributed by atoms with van der Waals surface area (Å²) in [5.74, 6) is -0.184. The highest BCUT2D eigenvalue weighted by Gasteiger charge is 2.27. The Labute approximate surface area is 136 Å². The fourth-order valence-electron chi connectivity index (χ4n) is 1.77. The molecule has 10 heteroatoms. The third kappa shape index (κ3) is 4.63. The summed E-state index contributed by atoms with van der Waals surface area (Å²) < 4.78 is 65.2. The molecule has 0 radical (unpaired) electrons. The summed E-state index contributed by atoms with van der Waals surface area (Å²) in [5.41, 5.74) is 0.319. The molecule has 0 fully saturated rings. The lowest BCUT2D eigenvalue weighted by molar-refractivity contribution is -0.139. The Balaban J connectivity index is 2.20. The van der Waals surface area contributed by atoms with Crippen molar-refractivity contribution in [2.75, 3.05) is 12.4 Å². The molecular weight excluding hydrogens is 347 g/mol. The van der Waals surface area contributed by atoms with E-state index < -0.39 is 29.0 Å². The summed E-state index contributed by atoms with van der Waals surface area (Å²) >= 11 is 0. The predicted molar refractivity (Wildman–Crippen MR) is 79.2 cm³/mol. The van der Waals surface area contributed by atoms with Gasteiger partial charge >= 0.3 is 6.18 Å². The molecular formula is C14H14F3N3O3S. The average Bonchev–Trinajstić information content (AvgIpc) is 2.54. The fourth-order valence-corrected chi connectivity index (χ4v) is 2.82. The maximum atomic E-state index is 12.1. The van der Waals surface area contributed by atoms with Crippen LogP contribution in [-0.4, -0.2) is 41.9 Å². The summed E-state index contributed by atoms with van der Waals surface area (Å²) in [5, 5.41) is 0. The van der Waals surface area contributed by atoms with Crippen molar-refractivity contribution in [3.63, 3.8) is 0 Å². The van der Waals surface area contributed by atoms with E-state index in [2.05, 4.69) is 15.0 Å². The number of rotatable bonds is 6. The van der Waals surface area contributed by atoms with E-state index in [4.69, 9.17) is 4.74 Å². The largest absolute Gasteiger partial charge is 0.476 e. The van der Waals surface area contributed by atoms with Crippen LogP contribution in [0, 0.1) is 0 Å². The van der Waals surface area contributed by atoms with Gasteiger partial charge in [-0.05, 0) is 12.1 Å². The van der Waals surface area contributed by atoms with Crippen LogP contribution < -0.4 is 4.74 Å². The lowest BCUT2D eigenvalue weighted by Crippen LogP contribution is -2.13. The predicted octanol–water partition coefficient (Wildman–Crippen LogP) is 2.66. The van der Waals surface area contributed by atoms with Gasteiger partial charge in [0.1, 0.15) is 11.4 Å². The van der Waals surface area contributed by atoms with E-state index in [1.165, 1.54) is 31.5 Å². The van der Waals surface area contributed by atoms with Crippen LogP contribution in [0.2, 0.25) is 0 Å². The normalized spacial score (nSPS) is 12.2. The quantitative estimate of drug-likeness (QED) is 0.787. The number of sulfone groups is 1. The minimum absolute atomic E-state index is 0.0209. The van der Waals surface area contributed by atoms with Gasteiger partial charge in [0.05, 0.1) is 36.1 Å². The number of nitrogens with zero attached hydrogens (tertiary/aromatic N) is 3. The molecule has 0 aliphatic carbocycles. The van der Waals surface area contributed by atoms with Gasteiger partial charge in [0.2, 0.25) is 5.88 Å². The van der Waals surface area contributed by atoms with Crippen molar-refractivity contribution in [2.24, 2.45) is 0 Å². The number of halogens is 3. The minimum Gasteiger partial charge on any atom is -0.476 e. The maximum absolute atomic E-state index is 12.1. The molecule has 0 saturated heterocycles. The van der Waals surface area contributed by atoms with Crippen LogP contribution in [0.15, 0.2) is 35.6 Å².